The second-order valence-electron chi connectivity index (χ2n) is 7.30. The molecule has 2 N–H and O–H groups in total. The Bertz CT molecular complexity index is 833. The van der Waals surface area contributed by atoms with Crippen molar-refractivity contribution in [2.24, 2.45) is 4.99 Å². The molecule has 1 aliphatic heterocycles. The van der Waals surface area contributed by atoms with Crippen LogP contribution in [0.15, 0.2) is 47.5 Å². The zero-order valence-electron chi connectivity index (χ0n) is 17.5. The summed E-state index contributed by atoms with van der Waals surface area (Å²) >= 11 is 0. The zero-order chi connectivity index (χ0) is 20.6. The van der Waals surface area contributed by atoms with Gasteiger partial charge < -0.3 is 20.3 Å². The number of anilines is 1. The molecule has 156 valence electrons. The molecule has 1 heterocycles. The van der Waals surface area contributed by atoms with Crippen LogP contribution in [0.25, 0.3) is 0 Å². The van der Waals surface area contributed by atoms with E-state index in [1.54, 1.807) is 13.0 Å². The van der Waals surface area contributed by atoms with Crippen LogP contribution in [-0.2, 0) is 11.3 Å². The number of hydrogen-bond acceptors (Lipinski definition) is 3. The van der Waals surface area contributed by atoms with Crippen LogP contribution in [0.2, 0.25) is 0 Å². The number of aliphatic imine (C=N–C) groups is 1. The number of hydrogen-bond donors (Lipinski definition) is 2. The van der Waals surface area contributed by atoms with Crippen molar-refractivity contribution in [3.63, 3.8) is 0 Å². The fourth-order valence-electron chi connectivity index (χ4n) is 3.41. The van der Waals surface area contributed by atoms with E-state index in [2.05, 4.69) is 33.7 Å². The SMILES string of the molecule is CCNC(=NCc1ccccc1N1CCOCC1)NC(C)c1ccc(C)c(F)c1. The van der Waals surface area contributed by atoms with E-state index in [1.807, 2.05) is 32.0 Å². The first-order chi connectivity index (χ1) is 14.1. The minimum Gasteiger partial charge on any atom is -0.378 e. The number of rotatable bonds is 6. The average molecular weight is 399 g/mol. The van der Waals surface area contributed by atoms with Gasteiger partial charge >= 0.3 is 0 Å². The molecule has 29 heavy (non-hydrogen) atoms. The normalized spacial score (nSPS) is 15.9. The van der Waals surface area contributed by atoms with E-state index in [4.69, 9.17) is 9.73 Å². The highest BCUT2D eigenvalue weighted by molar-refractivity contribution is 5.80. The summed E-state index contributed by atoms with van der Waals surface area (Å²) in [6.45, 7) is 10.5. The van der Waals surface area contributed by atoms with Crippen molar-refractivity contribution in [2.75, 3.05) is 37.7 Å². The standard InChI is InChI=1S/C23H31FN4O/c1-4-25-23(27-18(3)19-10-9-17(2)21(24)15-19)26-16-20-7-5-6-8-22(20)28-11-13-29-14-12-28/h5-10,15,18H,4,11-14,16H2,1-3H3,(H2,25,26,27). The van der Waals surface area contributed by atoms with Gasteiger partial charge in [0.25, 0.3) is 0 Å². The Balaban J connectivity index is 1.73. The van der Waals surface area contributed by atoms with Crippen molar-refractivity contribution in [2.45, 2.75) is 33.4 Å². The van der Waals surface area contributed by atoms with Crippen LogP contribution in [0.5, 0.6) is 0 Å². The smallest absolute Gasteiger partial charge is 0.192 e. The van der Waals surface area contributed by atoms with Crippen molar-refractivity contribution in [1.29, 1.82) is 0 Å². The van der Waals surface area contributed by atoms with Gasteiger partial charge in [0, 0.05) is 25.3 Å². The van der Waals surface area contributed by atoms with Gasteiger partial charge in [-0.05, 0) is 49.6 Å². The topological polar surface area (TPSA) is 48.9 Å². The number of ether oxygens (including phenoxy) is 1. The number of guanidine groups is 1. The van der Waals surface area contributed by atoms with Crippen LogP contribution >= 0.6 is 0 Å². The lowest BCUT2D eigenvalue weighted by molar-refractivity contribution is 0.122. The van der Waals surface area contributed by atoms with Crippen LogP contribution in [-0.4, -0.2) is 38.8 Å². The molecule has 1 unspecified atom stereocenters. The number of nitrogens with one attached hydrogen (secondary N) is 2. The molecule has 0 amide bonds. The third kappa shape index (κ3) is 5.70. The van der Waals surface area contributed by atoms with E-state index in [-0.39, 0.29) is 11.9 Å². The van der Waals surface area contributed by atoms with Crippen molar-refractivity contribution in [3.8, 4) is 0 Å². The summed E-state index contributed by atoms with van der Waals surface area (Å²) in [6, 6.07) is 13.7. The summed E-state index contributed by atoms with van der Waals surface area (Å²) in [5, 5.41) is 6.68. The molecule has 1 aliphatic rings. The van der Waals surface area contributed by atoms with Crippen molar-refractivity contribution in [1.82, 2.24) is 10.6 Å². The molecule has 0 spiro atoms. The summed E-state index contributed by atoms with van der Waals surface area (Å²) in [7, 11) is 0. The molecule has 2 aromatic carbocycles. The molecule has 0 aromatic heterocycles. The van der Waals surface area contributed by atoms with E-state index in [1.165, 1.54) is 11.3 Å². The fraction of sp³-hybridized carbons (Fsp3) is 0.435. The Morgan fingerprint density at radius 1 is 1.21 bits per heavy atom. The monoisotopic (exact) mass is 398 g/mol. The van der Waals surface area contributed by atoms with E-state index < -0.39 is 0 Å². The Morgan fingerprint density at radius 3 is 2.69 bits per heavy atom. The molecule has 1 atom stereocenters. The van der Waals surface area contributed by atoms with Gasteiger partial charge in [0.1, 0.15) is 5.82 Å². The predicted octanol–water partition coefficient (Wildman–Crippen LogP) is 3.79. The van der Waals surface area contributed by atoms with Gasteiger partial charge in [-0.3, -0.25) is 0 Å². The summed E-state index contributed by atoms with van der Waals surface area (Å²) in [6.07, 6.45) is 0. The molecule has 0 saturated carbocycles. The third-order valence-corrected chi connectivity index (χ3v) is 5.14. The van der Waals surface area contributed by atoms with E-state index in [0.29, 0.717) is 12.1 Å². The summed E-state index contributed by atoms with van der Waals surface area (Å²) in [4.78, 5) is 7.14. The minimum atomic E-state index is -0.183. The summed E-state index contributed by atoms with van der Waals surface area (Å²) < 4.78 is 19.4. The number of nitrogens with zero attached hydrogens (tertiary/aromatic N) is 2. The Labute approximate surface area is 173 Å². The largest absolute Gasteiger partial charge is 0.378 e. The number of benzene rings is 2. The molecule has 0 radical (unpaired) electrons. The molecule has 1 fully saturated rings. The highest BCUT2D eigenvalue weighted by Crippen LogP contribution is 2.22. The summed E-state index contributed by atoms with van der Waals surface area (Å²) in [5.41, 5.74) is 3.94. The quantitative estimate of drug-likeness (QED) is 0.574. The number of morpholine rings is 1. The number of para-hydroxylation sites is 1. The molecule has 3 rings (SSSR count). The molecular formula is C23H31FN4O. The van der Waals surface area contributed by atoms with Gasteiger partial charge in [-0.25, -0.2) is 9.38 Å². The average Bonchev–Trinajstić information content (AvgIpc) is 2.75. The second-order valence-corrected chi connectivity index (χ2v) is 7.30. The molecule has 2 aromatic rings. The Hall–Kier alpha value is -2.60. The van der Waals surface area contributed by atoms with Crippen LogP contribution in [0.3, 0.4) is 0 Å². The lowest BCUT2D eigenvalue weighted by Crippen LogP contribution is -2.39. The molecule has 6 heteroatoms. The van der Waals surface area contributed by atoms with Gasteiger partial charge in [0.05, 0.1) is 25.8 Å². The minimum absolute atomic E-state index is 0.0580. The van der Waals surface area contributed by atoms with Crippen LogP contribution in [0.4, 0.5) is 10.1 Å². The first-order valence-corrected chi connectivity index (χ1v) is 10.3. The molecule has 0 aliphatic carbocycles. The zero-order valence-corrected chi connectivity index (χ0v) is 17.5. The maximum atomic E-state index is 13.9. The molecule has 1 saturated heterocycles. The first kappa shape index (κ1) is 21.1. The second kappa shape index (κ2) is 10.3. The fourth-order valence-corrected chi connectivity index (χ4v) is 3.41. The van der Waals surface area contributed by atoms with E-state index in [0.717, 1.165) is 44.4 Å². The first-order valence-electron chi connectivity index (χ1n) is 10.3. The highest BCUT2D eigenvalue weighted by Gasteiger charge is 2.15. The van der Waals surface area contributed by atoms with Gasteiger partial charge in [-0.15, -0.1) is 0 Å². The maximum Gasteiger partial charge on any atom is 0.192 e. The number of aryl methyl sites for hydroxylation is 1. The third-order valence-electron chi connectivity index (χ3n) is 5.14. The maximum absolute atomic E-state index is 13.9. The van der Waals surface area contributed by atoms with Crippen LogP contribution in [0.1, 0.15) is 36.6 Å². The summed E-state index contributed by atoms with van der Waals surface area (Å²) in [5.74, 6) is 0.537. The van der Waals surface area contributed by atoms with Gasteiger partial charge in [-0.2, -0.15) is 0 Å². The van der Waals surface area contributed by atoms with E-state index in [9.17, 15) is 4.39 Å². The number of halogens is 1. The van der Waals surface area contributed by atoms with Gasteiger partial charge in [0.15, 0.2) is 5.96 Å². The molecular weight excluding hydrogens is 367 g/mol. The Morgan fingerprint density at radius 2 is 1.97 bits per heavy atom. The van der Waals surface area contributed by atoms with Crippen molar-refractivity contribution < 1.29 is 9.13 Å². The van der Waals surface area contributed by atoms with Crippen LogP contribution < -0.4 is 15.5 Å². The highest BCUT2D eigenvalue weighted by atomic mass is 19.1. The van der Waals surface area contributed by atoms with Gasteiger partial charge in [0.2, 0.25) is 0 Å². The van der Waals surface area contributed by atoms with E-state index >= 15 is 0 Å². The lowest BCUT2D eigenvalue weighted by Gasteiger charge is -2.30. The van der Waals surface area contributed by atoms with Crippen LogP contribution in [0, 0.1) is 12.7 Å². The van der Waals surface area contributed by atoms with Crippen molar-refractivity contribution >= 4 is 11.6 Å². The van der Waals surface area contributed by atoms with Crippen molar-refractivity contribution in [3.05, 3.63) is 65.0 Å². The van der Waals surface area contributed by atoms with Gasteiger partial charge in [-0.1, -0.05) is 30.3 Å². The predicted molar refractivity (Wildman–Crippen MR) is 117 cm³/mol. The molecule has 0 bridgehead atoms. The molecule has 5 nitrogen and oxygen atoms in total. The Kier molecular flexibility index (Phi) is 7.47. The lowest BCUT2D eigenvalue weighted by atomic mass is 10.1.